The summed E-state index contributed by atoms with van der Waals surface area (Å²) in [4.78, 5) is 0. The third-order valence-corrected chi connectivity index (χ3v) is 3.28. The van der Waals surface area contributed by atoms with Crippen molar-refractivity contribution in [1.29, 1.82) is 0 Å². The molecule has 1 aliphatic heterocycles. The highest BCUT2D eigenvalue weighted by molar-refractivity contribution is 5.03. The van der Waals surface area contributed by atoms with E-state index in [0.29, 0.717) is 5.92 Å². The lowest BCUT2D eigenvalue weighted by Crippen LogP contribution is -2.22. The minimum absolute atomic E-state index is 0.647. The summed E-state index contributed by atoms with van der Waals surface area (Å²) in [5, 5.41) is 7.60. The maximum absolute atomic E-state index is 5.49. The fourth-order valence-electron chi connectivity index (χ4n) is 2.32. The van der Waals surface area contributed by atoms with Crippen molar-refractivity contribution in [3.8, 4) is 0 Å². The Bertz CT molecular complexity index is 318. The topological polar surface area (TPSA) is 39.1 Å². The molecule has 4 nitrogen and oxygen atoms in total. The summed E-state index contributed by atoms with van der Waals surface area (Å²) in [7, 11) is 1.99. The minimum atomic E-state index is 0.647. The van der Waals surface area contributed by atoms with Gasteiger partial charge in [0.25, 0.3) is 0 Å². The third kappa shape index (κ3) is 4.13. The second-order valence-corrected chi connectivity index (χ2v) is 4.86. The molecule has 0 amide bonds. The first kappa shape index (κ1) is 12.6. The van der Waals surface area contributed by atoms with Crippen LogP contribution in [-0.2, 0) is 17.7 Å². The smallest absolute Gasteiger partial charge is 0.0521 e. The first-order valence-electron chi connectivity index (χ1n) is 6.62. The van der Waals surface area contributed by atoms with Crippen LogP contribution in [0.15, 0.2) is 12.4 Å². The largest absolute Gasteiger partial charge is 0.381 e. The fourth-order valence-corrected chi connectivity index (χ4v) is 2.32. The van der Waals surface area contributed by atoms with Crippen LogP contribution in [-0.4, -0.2) is 36.6 Å². The Morgan fingerprint density at radius 1 is 1.59 bits per heavy atom. The van der Waals surface area contributed by atoms with Gasteiger partial charge in [0.05, 0.1) is 12.8 Å². The number of nitrogens with zero attached hydrogens (tertiary/aromatic N) is 2. The number of aromatic nitrogens is 2. The van der Waals surface area contributed by atoms with Gasteiger partial charge >= 0.3 is 0 Å². The van der Waals surface area contributed by atoms with Gasteiger partial charge in [0.1, 0.15) is 0 Å². The first-order chi connectivity index (χ1) is 8.38. The summed E-state index contributed by atoms with van der Waals surface area (Å²) in [6, 6.07) is 0. The van der Waals surface area contributed by atoms with Crippen LogP contribution >= 0.6 is 0 Å². The van der Waals surface area contributed by atoms with Crippen molar-refractivity contribution >= 4 is 0 Å². The van der Waals surface area contributed by atoms with Gasteiger partial charge in [-0.25, -0.2) is 0 Å². The molecule has 2 heterocycles. The van der Waals surface area contributed by atoms with Gasteiger partial charge in [0.2, 0.25) is 0 Å². The zero-order chi connectivity index (χ0) is 11.9. The molecule has 0 aromatic carbocycles. The number of hydrogen-bond acceptors (Lipinski definition) is 3. The highest BCUT2D eigenvalue weighted by Gasteiger charge is 2.14. The van der Waals surface area contributed by atoms with Gasteiger partial charge in [-0.1, -0.05) is 0 Å². The number of rotatable bonds is 6. The second kappa shape index (κ2) is 6.77. The van der Waals surface area contributed by atoms with Gasteiger partial charge in [-0.3, -0.25) is 4.68 Å². The van der Waals surface area contributed by atoms with Gasteiger partial charge < -0.3 is 10.1 Å². The van der Waals surface area contributed by atoms with Gasteiger partial charge in [-0.15, -0.1) is 0 Å². The molecule has 1 aromatic rings. The van der Waals surface area contributed by atoms with E-state index in [1.54, 1.807) is 0 Å². The van der Waals surface area contributed by atoms with Gasteiger partial charge in [0.15, 0.2) is 0 Å². The molecule has 2 rings (SSSR count). The average Bonchev–Trinajstić information content (AvgIpc) is 2.79. The number of aryl methyl sites for hydroxylation is 1. The van der Waals surface area contributed by atoms with Crippen LogP contribution in [0.1, 0.15) is 24.8 Å². The maximum atomic E-state index is 5.49. The Kier molecular flexibility index (Phi) is 5.01. The van der Waals surface area contributed by atoms with Crippen LogP contribution in [0, 0.1) is 5.92 Å². The standard InChI is InChI=1S/C13H23N3O/c1-14-6-2-4-12-8-15-16(9-12)10-13-5-3-7-17-11-13/h8-9,13-14H,2-7,10-11H2,1H3/t13-/m0/s1. The van der Waals surface area contributed by atoms with Gasteiger partial charge in [-0.05, 0) is 44.8 Å². The lowest BCUT2D eigenvalue weighted by Gasteiger charge is -2.21. The van der Waals surface area contributed by atoms with E-state index in [1.165, 1.54) is 24.8 Å². The molecular weight excluding hydrogens is 214 g/mol. The van der Waals surface area contributed by atoms with Crippen LogP contribution in [0.5, 0.6) is 0 Å². The molecule has 0 spiro atoms. The Morgan fingerprint density at radius 3 is 3.29 bits per heavy atom. The predicted molar refractivity (Wildman–Crippen MR) is 68.0 cm³/mol. The van der Waals surface area contributed by atoms with Crippen LogP contribution in [0.4, 0.5) is 0 Å². The highest BCUT2D eigenvalue weighted by Crippen LogP contribution is 2.15. The monoisotopic (exact) mass is 237 g/mol. The van der Waals surface area contributed by atoms with Crippen molar-refractivity contribution in [1.82, 2.24) is 15.1 Å². The molecule has 4 heteroatoms. The Balaban J connectivity index is 1.76. The van der Waals surface area contributed by atoms with E-state index in [0.717, 1.165) is 32.7 Å². The molecular formula is C13H23N3O. The van der Waals surface area contributed by atoms with E-state index in [1.807, 2.05) is 13.2 Å². The van der Waals surface area contributed by atoms with Gasteiger partial charge in [-0.2, -0.15) is 5.10 Å². The molecule has 1 saturated heterocycles. The molecule has 17 heavy (non-hydrogen) atoms. The van der Waals surface area contributed by atoms with Crippen LogP contribution in [0.3, 0.4) is 0 Å². The molecule has 1 aliphatic rings. The quantitative estimate of drug-likeness (QED) is 0.761. The summed E-state index contributed by atoms with van der Waals surface area (Å²) >= 11 is 0. The fraction of sp³-hybridized carbons (Fsp3) is 0.769. The van der Waals surface area contributed by atoms with Crippen molar-refractivity contribution < 1.29 is 4.74 Å². The van der Waals surface area contributed by atoms with Crippen LogP contribution in [0.2, 0.25) is 0 Å². The number of hydrogen-bond donors (Lipinski definition) is 1. The predicted octanol–water partition coefficient (Wildman–Crippen LogP) is 1.46. The second-order valence-electron chi connectivity index (χ2n) is 4.86. The van der Waals surface area contributed by atoms with Crippen LogP contribution < -0.4 is 5.32 Å². The number of nitrogens with one attached hydrogen (secondary N) is 1. The highest BCUT2D eigenvalue weighted by atomic mass is 16.5. The molecule has 0 aliphatic carbocycles. The third-order valence-electron chi connectivity index (χ3n) is 3.28. The minimum Gasteiger partial charge on any atom is -0.381 e. The summed E-state index contributed by atoms with van der Waals surface area (Å²) in [5.41, 5.74) is 1.34. The van der Waals surface area contributed by atoms with Crippen molar-refractivity contribution in [3.63, 3.8) is 0 Å². The van der Waals surface area contributed by atoms with Gasteiger partial charge in [0, 0.05) is 25.3 Å². The lowest BCUT2D eigenvalue weighted by atomic mass is 10.0. The van der Waals surface area contributed by atoms with E-state index < -0.39 is 0 Å². The van der Waals surface area contributed by atoms with E-state index in [-0.39, 0.29) is 0 Å². The van der Waals surface area contributed by atoms with E-state index >= 15 is 0 Å². The molecule has 1 N–H and O–H groups in total. The molecule has 0 radical (unpaired) electrons. The van der Waals surface area contributed by atoms with Crippen molar-refractivity contribution in [2.24, 2.45) is 5.92 Å². The molecule has 0 bridgehead atoms. The Morgan fingerprint density at radius 2 is 2.53 bits per heavy atom. The van der Waals surface area contributed by atoms with E-state index in [2.05, 4.69) is 21.3 Å². The average molecular weight is 237 g/mol. The summed E-state index contributed by atoms with van der Waals surface area (Å²) in [6.45, 7) is 3.91. The Labute approximate surface area is 103 Å². The summed E-state index contributed by atoms with van der Waals surface area (Å²) in [5.74, 6) is 0.647. The molecule has 0 unspecified atom stereocenters. The van der Waals surface area contributed by atoms with E-state index in [9.17, 15) is 0 Å². The summed E-state index contributed by atoms with van der Waals surface area (Å²) < 4.78 is 7.57. The van der Waals surface area contributed by atoms with E-state index in [4.69, 9.17) is 4.74 Å². The molecule has 1 aromatic heterocycles. The maximum Gasteiger partial charge on any atom is 0.0521 e. The summed E-state index contributed by atoms with van der Waals surface area (Å²) in [6.07, 6.45) is 8.94. The zero-order valence-electron chi connectivity index (χ0n) is 10.7. The Hall–Kier alpha value is -0.870. The number of ether oxygens (including phenoxy) is 1. The first-order valence-corrected chi connectivity index (χ1v) is 6.62. The van der Waals surface area contributed by atoms with Crippen molar-refractivity contribution in [3.05, 3.63) is 18.0 Å². The molecule has 96 valence electrons. The zero-order valence-corrected chi connectivity index (χ0v) is 10.7. The lowest BCUT2D eigenvalue weighted by molar-refractivity contribution is 0.0470. The normalized spacial score (nSPS) is 20.6. The molecule has 1 atom stereocenters. The molecule has 1 fully saturated rings. The van der Waals surface area contributed by atoms with Crippen LogP contribution in [0.25, 0.3) is 0 Å². The SMILES string of the molecule is CNCCCc1cnn(C[C@@H]2CCCOC2)c1. The van der Waals surface area contributed by atoms with Crippen molar-refractivity contribution in [2.75, 3.05) is 26.8 Å². The van der Waals surface area contributed by atoms with Crippen molar-refractivity contribution in [2.45, 2.75) is 32.2 Å². The molecule has 0 saturated carbocycles.